The van der Waals surface area contributed by atoms with Gasteiger partial charge in [0.05, 0.1) is 23.5 Å². The molecule has 0 aliphatic heterocycles. The molecule has 0 atom stereocenters. The summed E-state index contributed by atoms with van der Waals surface area (Å²) in [6.45, 7) is 1.87. The Kier molecular flexibility index (Phi) is 6.22. The summed E-state index contributed by atoms with van der Waals surface area (Å²) in [6.07, 6.45) is -0.522. The fourth-order valence-corrected chi connectivity index (χ4v) is 2.08. The van der Waals surface area contributed by atoms with Crippen molar-refractivity contribution in [3.8, 4) is 0 Å². The Balaban J connectivity index is 2.00. The third kappa shape index (κ3) is 5.13. The van der Waals surface area contributed by atoms with Crippen LogP contribution in [-0.4, -0.2) is 24.4 Å². The monoisotopic (exact) mass is 344 g/mol. The van der Waals surface area contributed by atoms with Crippen LogP contribution in [0.25, 0.3) is 0 Å². The van der Waals surface area contributed by atoms with Crippen molar-refractivity contribution in [2.45, 2.75) is 13.3 Å². The molecule has 6 nitrogen and oxygen atoms in total. The summed E-state index contributed by atoms with van der Waals surface area (Å²) in [6, 6.07) is 11.9. The van der Waals surface area contributed by atoms with E-state index in [9.17, 15) is 18.8 Å². The minimum absolute atomic E-state index is 0.00720. The van der Waals surface area contributed by atoms with Crippen LogP contribution in [-0.2, 0) is 14.3 Å². The maximum atomic E-state index is 13.5. The maximum absolute atomic E-state index is 13.5. The van der Waals surface area contributed by atoms with Crippen LogP contribution in [0, 0.1) is 5.82 Å². The molecule has 0 fully saturated rings. The second-order valence-electron chi connectivity index (χ2n) is 5.02. The number of rotatable bonds is 6. The molecular formula is C18H17FN2O4. The Morgan fingerprint density at radius 1 is 0.920 bits per heavy atom. The molecule has 2 amide bonds. The van der Waals surface area contributed by atoms with E-state index in [2.05, 4.69) is 10.6 Å². The lowest BCUT2D eigenvalue weighted by atomic mass is 10.1. The van der Waals surface area contributed by atoms with Gasteiger partial charge in [-0.3, -0.25) is 9.59 Å². The minimum atomic E-state index is -0.670. The van der Waals surface area contributed by atoms with Crippen molar-refractivity contribution in [1.29, 1.82) is 0 Å². The van der Waals surface area contributed by atoms with Crippen LogP contribution >= 0.6 is 0 Å². The first-order valence-electron chi connectivity index (χ1n) is 7.61. The number of carbonyl (C=O) groups is 3. The molecule has 0 heterocycles. The number of ether oxygens (including phenoxy) is 1. The number of para-hydroxylation sites is 2. The van der Waals surface area contributed by atoms with Crippen molar-refractivity contribution >= 4 is 29.2 Å². The first-order valence-corrected chi connectivity index (χ1v) is 7.61. The largest absolute Gasteiger partial charge is 0.462 e. The third-order valence-electron chi connectivity index (χ3n) is 3.17. The van der Waals surface area contributed by atoms with Gasteiger partial charge in [-0.2, -0.15) is 0 Å². The molecule has 2 aromatic carbocycles. The zero-order chi connectivity index (χ0) is 18.2. The predicted octanol–water partition coefficient (Wildman–Crippen LogP) is 2.97. The summed E-state index contributed by atoms with van der Waals surface area (Å²) in [7, 11) is 0. The van der Waals surface area contributed by atoms with Crippen molar-refractivity contribution in [2.24, 2.45) is 0 Å². The van der Waals surface area contributed by atoms with Gasteiger partial charge >= 0.3 is 5.97 Å². The summed E-state index contributed by atoms with van der Waals surface area (Å²) < 4.78 is 18.4. The molecule has 0 aliphatic rings. The second-order valence-corrected chi connectivity index (χ2v) is 5.02. The number of anilines is 2. The van der Waals surface area contributed by atoms with Crippen molar-refractivity contribution in [3.63, 3.8) is 0 Å². The van der Waals surface area contributed by atoms with Crippen LogP contribution in [0.4, 0.5) is 15.8 Å². The molecule has 2 rings (SSSR count). The molecule has 0 saturated carbocycles. The van der Waals surface area contributed by atoms with Crippen LogP contribution in [0.1, 0.15) is 23.7 Å². The summed E-state index contributed by atoms with van der Waals surface area (Å²) in [5.74, 6) is -2.47. The van der Waals surface area contributed by atoms with E-state index in [0.717, 1.165) is 0 Å². The van der Waals surface area contributed by atoms with Gasteiger partial charge in [-0.1, -0.05) is 24.3 Å². The lowest BCUT2D eigenvalue weighted by Gasteiger charge is -2.10. The van der Waals surface area contributed by atoms with Crippen LogP contribution in [0.3, 0.4) is 0 Å². The van der Waals surface area contributed by atoms with Gasteiger partial charge in [-0.05, 0) is 31.2 Å². The van der Waals surface area contributed by atoms with E-state index < -0.39 is 30.0 Å². The van der Waals surface area contributed by atoms with Crippen LogP contribution in [0.5, 0.6) is 0 Å². The normalized spacial score (nSPS) is 10.0. The van der Waals surface area contributed by atoms with E-state index in [4.69, 9.17) is 4.74 Å². The van der Waals surface area contributed by atoms with Gasteiger partial charge in [-0.25, -0.2) is 9.18 Å². The molecule has 0 spiro atoms. The average molecular weight is 344 g/mol. The van der Waals surface area contributed by atoms with Crippen molar-refractivity contribution in [3.05, 3.63) is 59.9 Å². The van der Waals surface area contributed by atoms with E-state index in [1.165, 1.54) is 30.3 Å². The average Bonchev–Trinajstić information content (AvgIpc) is 2.57. The number of halogens is 1. The highest BCUT2D eigenvalue weighted by molar-refractivity contribution is 6.10. The SMILES string of the molecule is CCOC(=O)c1ccccc1NC(=O)CC(=O)Nc1ccccc1F. The number of esters is 1. The fraction of sp³-hybridized carbons (Fsp3) is 0.167. The smallest absolute Gasteiger partial charge is 0.340 e. The van der Waals surface area contributed by atoms with Gasteiger partial charge in [0.2, 0.25) is 11.8 Å². The Labute approximate surface area is 144 Å². The number of benzene rings is 2. The van der Waals surface area contributed by atoms with E-state index in [0.29, 0.717) is 0 Å². The first kappa shape index (κ1) is 18.1. The van der Waals surface area contributed by atoms with Crippen LogP contribution in [0.15, 0.2) is 48.5 Å². The van der Waals surface area contributed by atoms with E-state index >= 15 is 0 Å². The summed E-state index contributed by atoms with van der Waals surface area (Å²) in [5.41, 5.74) is 0.420. The summed E-state index contributed by atoms with van der Waals surface area (Å²) >= 11 is 0. The molecule has 7 heteroatoms. The molecule has 25 heavy (non-hydrogen) atoms. The van der Waals surface area contributed by atoms with Crippen molar-refractivity contribution in [1.82, 2.24) is 0 Å². The molecule has 2 N–H and O–H groups in total. The molecule has 0 unspecified atom stereocenters. The molecular weight excluding hydrogens is 327 g/mol. The Morgan fingerprint density at radius 2 is 1.48 bits per heavy atom. The summed E-state index contributed by atoms with van der Waals surface area (Å²) in [5, 5.41) is 4.80. The number of amides is 2. The number of nitrogens with one attached hydrogen (secondary N) is 2. The Bertz CT molecular complexity index is 792. The predicted molar refractivity (Wildman–Crippen MR) is 90.7 cm³/mol. The van der Waals surface area contributed by atoms with Gasteiger partial charge in [0.25, 0.3) is 0 Å². The Hall–Kier alpha value is -3.22. The summed E-state index contributed by atoms with van der Waals surface area (Å²) in [4.78, 5) is 35.7. The number of carbonyl (C=O) groups excluding carboxylic acids is 3. The molecule has 2 aromatic rings. The van der Waals surface area contributed by atoms with Crippen LogP contribution in [0.2, 0.25) is 0 Å². The third-order valence-corrected chi connectivity index (χ3v) is 3.17. The van der Waals surface area contributed by atoms with Crippen molar-refractivity contribution < 1.29 is 23.5 Å². The Morgan fingerprint density at radius 3 is 2.12 bits per heavy atom. The van der Waals surface area contributed by atoms with E-state index in [-0.39, 0.29) is 23.5 Å². The number of hydrogen-bond donors (Lipinski definition) is 2. The maximum Gasteiger partial charge on any atom is 0.340 e. The molecule has 0 bridgehead atoms. The van der Waals surface area contributed by atoms with Gasteiger partial charge in [-0.15, -0.1) is 0 Å². The molecule has 0 radical (unpaired) electrons. The second kappa shape index (κ2) is 8.58. The fourth-order valence-electron chi connectivity index (χ4n) is 2.08. The quantitative estimate of drug-likeness (QED) is 0.623. The highest BCUT2D eigenvalue weighted by Crippen LogP contribution is 2.17. The lowest BCUT2D eigenvalue weighted by Crippen LogP contribution is -2.23. The topological polar surface area (TPSA) is 84.5 Å². The zero-order valence-electron chi connectivity index (χ0n) is 13.5. The van der Waals surface area contributed by atoms with Crippen molar-refractivity contribution in [2.75, 3.05) is 17.2 Å². The minimum Gasteiger partial charge on any atom is -0.462 e. The van der Waals surface area contributed by atoms with E-state index in [1.807, 2.05) is 0 Å². The van der Waals surface area contributed by atoms with Crippen LogP contribution < -0.4 is 10.6 Å². The van der Waals surface area contributed by atoms with E-state index in [1.54, 1.807) is 25.1 Å². The van der Waals surface area contributed by atoms with Gasteiger partial charge in [0.15, 0.2) is 0 Å². The van der Waals surface area contributed by atoms with Gasteiger partial charge < -0.3 is 15.4 Å². The van der Waals surface area contributed by atoms with Gasteiger partial charge in [0.1, 0.15) is 12.2 Å². The number of hydrogen-bond acceptors (Lipinski definition) is 4. The highest BCUT2D eigenvalue weighted by Gasteiger charge is 2.16. The van der Waals surface area contributed by atoms with Gasteiger partial charge in [0, 0.05) is 0 Å². The lowest BCUT2D eigenvalue weighted by molar-refractivity contribution is -0.123. The highest BCUT2D eigenvalue weighted by atomic mass is 19.1. The first-order chi connectivity index (χ1) is 12.0. The standard InChI is InChI=1S/C18H17FN2O4/c1-2-25-18(24)12-7-3-5-9-14(12)20-16(22)11-17(23)21-15-10-6-4-8-13(15)19/h3-10H,2,11H2,1H3,(H,20,22)(H,21,23). The zero-order valence-corrected chi connectivity index (χ0v) is 13.5. The molecule has 0 aromatic heterocycles. The molecule has 0 saturated heterocycles. The molecule has 130 valence electrons. The molecule has 0 aliphatic carbocycles.